The van der Waals surface area contributed by atoms with Gasteiger partial charge in [0.25, 0.3) is 5.56 Å². The van der Waals surface area contributed by atoms with Crippen LogP contribution in [0.5, 0.6) is 0 Å². The lowest BCUT2D eigenvalue weighted by molar-refractivity contribution is 0.0490. The molecular formula is C18H20N2O3. The van der Waals surface area contributed by atoms with Crippen LogP contribution in [0.1, 0.15) is 18.4 Å². The minimum atomic E-state index is -0.586. The third-order valence-electron chi connectivity index (χ3n) is 4.07. The number of likely N-dealkylation sites (tertiary alicyclic amines) is 1. The highest BCUT2D eigenvalue weighted by atomic mass is 16.6. The van der Waals surface area contributed by atoms with Gasteiger partial charge in [0.2, 0.25) is 0 Å². The fraction of sp³-hybridized carbons (Fsp3) is 0.333. The smallest absolute Gasteiger partial charge is 0.421 e. The molecule has 0 aliphatic carbocycles. The van der Waals surface area contributed by atoms with Gasteiger partial charge in [0, 0.05) is 31.9 Å². The van der Waals surface area contributed by atoms with Crippen LogP contribution in [0.2, 0.25) is 0 Å². The first kappa shape index (κ1) is 15.5. The van der Waals surface area contributed by atoms with Crippen LogP contribution in [0, 0.1) is 0 Å². The summed E-state index contributed by atoms with van der Waals surface area (Å²) in [7, 11) is 0. The number of benzene rings is 1. The van der Waals surface area contributed by atoms with E-state index in [-0.39, 0.29) is 11.7 Å². The van der Waals surface area contributed by atoms with E-state index in [0.29, 0.717) is 0 Å². The monoisotopic (exact) mass is 312 g/mol. The quantitative estimate of drug-likeness (QED) is 0.874. The number of hydrogen-bond donors (Lipinski definition) is 0. The van der Waals surface area contributed by atoms with Crippen LogP contribution in [-0.2, 0) is 11.3 Å². The molecule has 5 nitrogen and oxygen atoms in total. The molecule has 0 amide bonds. The average Bonchev–Trinajstić information content (AvgIpc) is 2.58. The Morgan fingerprint density at radius 2 is 1.74 bits per heavy atom. The fourth-order valence-electron chi connectivity index (χ4n) is 2.80. The molecule has 0 spiro atoms. The third-order valence-corrected chi connectivity index (χ3v) is 4.07. The van der Waals surface area contributed by atoms with E-state index in [4.69, 9.17) is 4.74 Å². The van der Waals surface area contributed by atoms with Gasteiger partial charge in [-0.2, -0.15) is 0 Å². The molecule has 1 aliphatic rings. The van der Waals surface area contributed by atoms with Crippen LogP contribution in [-0.4, -0.2) is 34.8 Å². The maximum atomic E-state index is 12.0. The largest absolute Gasteiger partial charge is 0.445 e. The van der Waals surface area contributed by atoms with Gasteiger partial charge in [0.15, 0.2) is 0 Å². The molecule has 120 valence electrons. The van der Waals surface area contributed by atoms with Crippen molar-refractivity contribution in [2.75, 3.05) is 13.1 Å². The zero-order chi connectivity index (χ0) is 16.1. The van der Waals surface area contributed by atoms with E-state index < -0.39 is 6.09 Å². The molecule has 1 saturated heterocycles. The van der Waals surface area contributed by atoms with Gasteiger partial charge >= 0.3 is 6.09 Å². The van der Waals surface area contributed by atoms with Crippen molar-refractivity contribution in [1.82, 2.24) is 9.47 Å². The molecule has 1 fully saturated rings. The van der Waals surface area contributed by atoms with Crippen LogP contribution >= 0.6 is 0 Å². The topological polar surface area (TPSA) is 51.5 Å². The minimum absolute atomic E-state index is 0.123. The van der Waals surface area contributed by atoms with Crippen LogP contribution in [0.25, 0.3) is 0 Å². The normalized spacial score (nSPS) is 16.2. The molecule has 0 saturated carbocycles. The molecule has 0 bridgehead atoms. The molecule has 23 heavy (non-hydrogen) atoms. The molecule has 2 aromatic rings. The number of aromatic nitrogens is 1. The molecule has 2 heterocycles. The number of carbonyl (C=O) groups is 1. The Kier molecular flexibility index (Phi) is 4.88. The van der Waals surface area contributed by atoms with Gasteiger partial charge in [-0.1, -0.05) is 36.4 Å². The number of hydrogen-bond acceptors (Lipinski definition) is 4. The Morgan fingerprint density at radius 1 is 1.04 bits per heavy atom. The fourth-order valence-corrected chi connectivity index (χ4v) is 2.80. The number of nitrogens with zero attached hydrogens (tertiary/aromatic N) is 2. The highest BCUT2D eigenvalue weighted by Gasteiger charge is 2.23. The molecule has 3 rings (SSSR count). The van der Waals surface area contributed by atoms with Crippen molar-refractivity contribution < 1.29 is 9.53 Å². The van der Waals surface area contributed by atoms with E-state index in [9.17, 15) is 9.59 Å². The third kappa shape index (κ3) is 4.07. The standard InChI is InChI=1S/C18H20N2O3/c21-17-8-4-5-11-20(17)18(22)23-16-9-12-19(13-10-16)14-15-6-2-1-3-7-15/h1-8,11,16H,9-10,12-14H2. The van der Waals surface area contributed by atoms with E-state index in [2.05, 4.69) is 17.0 Å². The van der Waals surface area contributed by atoms with Crippen LogP contribution in [0.3, 0.4) is 0 Å². The summed E-state index contributed by atoms with van der Waals surface area (Å²) in [6, 6.07) is 14.9. The van der Waals surface area contributed by atoms with E-state index in [0.717, 1.165) is 37.0 Å². The Morgan fingerprint density at radius 3 is 2.43 bits per heavy atom. The van der Waals surface area contributed by atoms with E-state index in [1.54, 1.807) is 12.1 Å². The molecule has 1 aliphatic heterocycles. The highest BCUT2D eigenvalue weighted by Crippen LogP contribution is 2.16. The molecule has 0 radical (unpaired) electrons. The van der Waals surface area contributed by atoms with E-state index >= 15 is 0 Å². The summed E-state index contributed by atoms with van der Waals surface area (Å²) in [5.74, 6) is 0. The number of pyridine rings is 1. The van der Waals surface area contributed by atoms with Gasteiger partial charge in [0.1, 0.15) is 6.10 Å². The minimum Gasteiger partial charge on any atom is -0.445 e. The molecule has 0 N–H and O–H groups in total. The summed E-state index contributed by atoms with van der Waals surface area (Å²) in [6.07, 6.45) is 2.31. The van der Waals surface area contributed by atoms with E-state index in [1.165, 1.54) is 17.8 Å². The maximum Gasteiger partial charge on any atom is 0.421 e. The second-order valence-corrected chi connectivity index (χ2v) is 5.75. The lowest BCUT2D eigenvalue weighted by atomic mass is 10.1. The zero-order valence-corrected chi connectivity index (χ0v) is 12.9. The van der Waals surface area contributed by atoms with Crippen LogP contribution < -0.4 is 5.56 Å². The Labute approximate surface area is 135 Å². The first-order valence-electron chi connectivity index (χ1n) is 7.87. The predicted molar refractivity (Wildman–Crippen MR) is 87.3 cm³/mol. The van der Waals surface area contributed by atoms with Crippen LogP contribution in [0.15, 0.2) is 59.5 Å². The number of carbonyl (C=O) groups excluding carboxylic acids is 1. The summed E-state index contributed by atoms with van der Waals surface area (Å²) in [4.78, 5) is 26.0. The summed E-state index contributed by atoms with van der Waals surface area (Å²) < 4.78 is 6.46. The Bertz CT molecular complexity index is 703. The molecular weight excluding hydrogens is 292 g/mol. The van der Waals surface area contributed by atoms with Crippen molar-refractivity contribution in [1.29, 1.82) is 0 Å². The van der Waals surface area contributed by atoms with Crippen LogP contribution in [0.4, 0.5) is 4.79 Å². The van der Waals surface area contributed by atoms with Crippen molar-refractivity contribution in [3.8, 4) is 0 Å². The molecule has 1 aromatic carbocycles. The van der Waals surface area contributed by atoms with Gasteiger partial charge < -0.3 is 4.74 Å². The number of ether oxygens (including phenoxy) is 1. The van der Waals surface area contributed by atoms with Crippen molar-refractivity contribution in [3.63, 3.8) is 0 Å². The zero-order valence-electron chi connectivity index (χ0n) is 12.9. The van der Waals surface area contributed by atoms with Gasteiger partial charge in [-0.3, -0.25) is 9.69 Å². The van der Waals surface area contributed by atoms with Crippen molar-refractivity contribution in [2.45, 2.75) is 25.5 Å². The average molecular weight is 312 g/mol. The second kappa shape index (κ2) is 7.24. The number of rotatable bonds is 3. The Hall–Kier alpha value is -2.40. The molecule has 0 unspecified atom stereocenters. The maximum absolute atomic E-state index is 12.0. The second-order valence-electron chi connectivity index (χ2n) is 5.75. The summed E-state index contributed by atoms with van der Waals surface area (Å²) in [5, 5.41) is 0. The van der Waals surface area contributed by atoms with Gasteiger partial charge in [0.05, 0.1) is 0 Å². The Balaban J connectivity index is 1.50. The first-order chi connectivity index (χ1) is 11.2. The molecule has 1 aromatic heterocycles. The van der Waals surface area contributed by atoms with Crippen molar-refractivity contribution >= 4 is 6.09 Å². The van der Waals surface area contributed by atoms with Gasteiger partial charge in [-0.05, 0) is 24.5 Å². The summed E-state index contributed by atoms with van der Waals surface area (Å²) >= 11 is 0. The highest BCUT2D eigenvalue weighted by molar-refractivity contribution is 5.70. The number of piperidine rings is 1. The van der Waals surface area contributed by atoms with Gasteiger partial charge in [-0.25, -0.2) is 9.36 Å². The SMILES string of the molecule is O=C(OC1CCN(Cc2ccccc2)CC1)n1ccccc1=O. The molecule has 5 heteroatoms. The predicted octanol–water partition coefficient (Wildman–Crippen LogP) is 2.50. The van der Waals surface area contributed by atoms with Gasteiger partial charge in [-0.15, -0.1) is 0 Å². The molecule has 0 atom stereocenters. The lowest BCUT2D eigenvalue weighted by Crippen LogP contribution is -2.39. The first-order valence-corrected chi connectivity index (χ1v) is 7.87. The lowest BCUT2D eigenvalue weighted by Gasteiger charge is -2.31. The van der Waals surface area contributed by atoms with E-state index in [1.807, 2.05) is 18.2 Å². The van der Waals surface area contributed by atoms with Crippen molar-refractivity contribution in [3.05, 3.63) is 70.6 Å². The summed E-state index contributed by atoms with van der Waals surface area (Å²) in [5.41, 5.74) is 0.929. The van der Waals surface area contributed by atoms with Crippen molar-refractivity contribution in [2.24, 2.45) is 0 Å². The summed E-state index contributed by atoms with van der Waals surface area (Å²) in [6.45, 7) is 2.69.